The first kappa shape index (κ1) is 17.9. The number of ether oxygens (including phenoxy) is 2. The molecular formula is C14H19ClF3NO2. The predicted octanol–water partition coefficient (Wildman–Crippen LogP) is 4.18. The Balaban J connectivity index is 2.75. The Hall–Kier alpha value is -1.14. The maximum atomic E-state index is 12.1. The van der Waals surface area contributed by atoms with Gasteiger partial charge in [0.05, 0.1) is 25.2 Å². The zero-order chi connectivity index (χ0) is 15.9. The molecule has 0 spiro atoms. The Labute approximate surface area is 127 Å². The van der Waals surface area contributed by atoms with Gasteiger partial charge in [0, 0.05) is 6.54 Å². The van der Waals surface area contributed by atoms with Crippen molar-refractivity contribution in [1.82, 2.24) is 5.32 Å². The highest BCUT2D eigenvalue weighted by molar-refractivity contribution is 6.32. The van der Waals surface area contributed by atoms with Gasteiger partial charge in [-0.3, -0.25) is 0 Å². The van der Waals surface area contributed by atoms with Gasteiger partial charge in [-0.1, -0.05) is 18.5 Å². The second kappa shape index (κ2) is 8.34. The molecule has 3 nitrogen and oxygen atoms in total. The van der Waals surface area contributed by atoms with Crippen LogP contribution >= 0.6 is 11.6 Å². The van der Waals surface area contributed by atoms with Crippen molar-refractivity contribution in [3.63, 3.8) is 0 Å². The molecule has 0 aliphatic rings. The van der Waals surface area contributed by atoms with Crippen molar-refractivity contribution in [3.8, 4) is 11.5 Å². The molecule has 0 atom stereocenters. The van der Waals surface area contributed by atoms with Gasteiger partial charge in [0.25, 0.3) is 0 Å². The lowest BCUT2D eigenvalue weighted by atomic mass is 10.2. The molecule has 120 valence electrons. The van der Waals surface area contributed by atoms with Gasteiger partial charge < -0.3 is 14.8 Å². The van der Waals surface area contributed by atoms with Crippen LogP contribution in [0.25, 0.3) is 0 Å². The molecule has 0 unspecified atom stereocenters. The fourth-order valence-electron chi connectivity index (χ4n) is 1.69. The maximum absolute atomic E-state index is 12.1. The summed E-state index contributed by atoms with van der Waals surface area (Å²) in [6.07, 6.45) is -4.29. The summed E-state index contributed by atoms with van der Waals surface area (Å²) in [7, 11) is 1.42. The average molecular weight is 326 g/mol. The van der Waals surface area contributed by atoms with Crippen LogP contribution in [0, 0.1) is 0 Å². The Morgan fingerprint density at radius 1 is 1.29 bits per heavy atom. The molecule has 0 saturated heterocycles. The van der Waals surface area contributed by atoms with Crippen LogP contribution in [0.5, 0.6) is 11.5 Å². The van der Waals surface area contributed by atoms with Crippen molar-refractivity contribution in [1.29, 1.82) is 0 Å². The lowest BCUT2D eigenvalue weighted by Gasteiger charge is -2.15. The average Bonchev–Trinajstić information content (AvgIpc) is 2.39. The summed E-state index contributed by atoms with van der Waals surface area (Å²) >= 11 is 6.06. The summed E-state index contributed by atoms with van der Waals surface area (Å²) in [5, 5.41) is 3.45. The third kappa shape index (κ3) is 6.44. The molecule has 1 rings (SSSR count). The number of alkyl halides is 3. The third-order valence-corrected chi connectivity index (χ3v) is 2.96. The molecule has 0 amide bonds. The minimum Gasteiger partial charge on any atom is -0.493 e. The smallest absolute Gasteiger partial charge is 0.392 e. The number of methoxy groups -OCH3 is 1. The first-order valence-corrected chi connectivity index (χ1v) is 7.02. The van der Waals surface area contributed by atoms with E-state index in [0.29, 0.717) is 12.3 Å². The highest BCUT2D eigenvalue weighted by Crippen LogP contribution is 2.37. The predicted molar refractivity (Wildman–Crippen MR) is 76.2 cm³/mol. The van der Waals surface area contributed by atoms with Crippen molar-refractivity contribution in [3.05, 3.63) is 22.7 Å². The van der Waals surface area contributed by atoms with E-state index in [2.05, 4.69) is 12.2 Å². The van der Waals surface area contributed by atoms with Gasteiger partial charge in [0.1, 0.15) is 0 Å². The molecule has 0 radical (unpaired) electrons. The lowest BCUT2D eigenvalue weighted by Crippen LogP contribution is -2.15. The van der Waals surface area contributed by atoms with Crippen LogP contribution in [0.15, 0.2) is 12.1 Å². The number of halogens is 4. The Morgan fingerprint density at radius 3 is 2.57 bits per heavy atom. The zero-order valence-electron chi connectivity index (χ0n) is 12.0. The van der Waals surface area contributed by atoms with Crippen LogP contribution in [0.3, 0.4) is 0 Å². The van der Waals surface area contributed by atoms with Crippen LogP contribution in [0.2, 0.25) is 5.02 Å². The highest BCUT2D eigenvalue weighted by Gasteiger charge is 2.27. The second-order valence-electron chi connectivity index (χ2n) is 4.50. The summed E-state index contributed by atoms with van der Waals surface area (Å²) in [5.74, 6) is 0.473. The number of hydrogen-bond acceptors (Lipinski definition) is 3. The SMILES string of the molecule is CCCNCc1cc(Cl)c(OCCC(F)(F)F)c(OC)c1. The van der Waals surface area contributed by atoms with Crippen LogP contribution in [0.4, 0.5) is 13.2 Å². The Bertz CT molecular complexity index is 453. The Kier molecular flexibility index (Phi) is 7.11. The van der Waals surface area contributed by atoms with E-state index in [1.807, 2.05) is 0 Å². The van der Waals surface area contributed by atoms with Crippen molar-refractivity contribution in [2.45, 2.75) is 32.5 Å². The van der Waals surface area contributed by atoms with Gasteiger partial charge in [-0.2, -0.15) is 13.2 Å². The van der Waals surface area contributed by atoms with Crippen LogP contribution < -0.4 is 14.8 Å². The van der Waals surface area contributed by atoms with Gasteiger partial charge in [-0.15, -0.1) is 0 Å². The molecular weight excluding hydrogens is 307 g/mol. The molecule has 1 N–H and O–H groups in total. The molecule has 0 bridgehead atoms. The number of rotatable bonds is 8. The maximum Gasteiger partial charge on any atom is 0.392 e. The normalized spacial score (nSPS) is 11.5. The molecule has 0 aliphatic heterocycles. The van der Waals surface area contributed by atoms with Crippen LogP contribution in [-0.4, -0.2) is 26.4 Å². The first-order chi connectivity index (χ1) is 9.87. The Morgan fingerprint density at radius 2 is 2.00 bits per heavy atom. The minimum absolute atomic E-state index is 0.141. The lowest BCUT2D eigenvalue weighted by molar-refractivity contribution is -0.139. The van der Waals surface area contributed by atoms with E-state index in [9.17, 15) is 13.2 Å². The summed E-state index contributed by atoms with van der Waals surface area (Å²) < 4.78 is 46.6. The number of benzene rings is 1. The van der Waals surface area contributed by atoms with Crippen molar-refractivity contribution in [2.75, 3.05) is 20.3 Å². The van der Waals surface area contributed by atoms with E-state index in [1.54, 1.807) is 12.1 Å². The fraction of sp³-hybridized carbons (Fsp3) is 0.571. The fourth-order valence-corrected chi connectivity index (χ4v) is 1.98. The van der Waals surface area contributed by atoms with Crippen LogP contribution in [-0.2, 0) is 6.54 Å². The molecule has 7 heteroatoms. The molecule has 0 aliphatic carbocycles. The summed E-state index contributed by atoms with van der Waals surface area (Å²) in [6.45, 7) is 3.03. The van der Waals surface area contributed by atoms with Gasteiger partial charge in [-0.25, -0.2) is 0 Å². The molecule has 1 aromatic carbocycles. The van der Waals surface area contributed by atoms with E-state index in [4.69, 9.17) is 21.1 Å². The van der Waals surface area contributed by atoms with Gasteiger partial charge in [0.2, 0.25) is 0 Å². The number of nitrogens with one attached hydrogen (secondary N) is 1. The molecule has 0 saturated carbocycles. The van der Waals surface area contributed by atoms with Crippen LogP contribution in [0.1, 0.15) is 25.3 Å². The van der Waals surface area contributed by atoms with Gasteiger partial charge in [-0.05, 0) is 30.7 Å². The van der Waals surface area contributed by atoms with Gasteiger partial charge in [0.15, 0.2) is 11.5 Å². The zero-order valence-corrected chi connectivity index (χ0v) is 12.8. The molecule has 0 aromatic heterocycles. The van der Waals surface area contributed by atoms with Crippen molar-refractivity contribution >= 4 is 11.6 Å². The van der Waals surface area contributed by atoms with Gasteiger partial charge >= 0.3 is 6.18 Å². The molecule has 1 aromatic rings. The largest absolute Gasteiger partial charge is 0.493 e. The minimum atomic E-state index is -4.26. The van der Waals surface area contributed by atoms with Crippen molar-refractivity contribution < 1.29 is 22.6 Å². The quantitative estimate of drug-likeness (QED) is 0.727. The van der Waals surface area contributed by atoms with E-state index in [0.717, 1.165) is 18.5 Å². The summed E-state index contributed by atoms with van der Waals surface area (Å²) in [5.41, 5.74) is 0.883. The summed E-state index contributed by atoms with van der Waals surface area (Å²) in [4.78, 5) is 0. The third-order valence-electron chi connectivity index (χ3n) is 2.68. The standard InChI is InChI=1S/C14H19ClF3NO2/c1-3-5-19-9-10-7-11(15)13(12(8-10)20-2)21-6-4-14(16,17)18/h7-8,19H,3-6,9H2,1-2H3. The van der Waals surface area contributed by atoms with E-state index in [1.165, 1.54) is 7.11 Å². The molecule has 0 fully saturated rings. The second-order valence-corrected chi connectivity index (χ2v) is 4.91. The molecule has 21 heavy (non-hydrogen) atoms. The number of hydrogen-bond donors (Lipinski definition) is 1. The van der Waals surface area contributed by atoms with Crippen molar-refractivity contribution in [2.24, 2.45) is 0 Å². The first-order valence-electron chi connectivity index (χ1n) is 6.64. The monoisotopic (exact) mass is 325 g/mol. The topological polar surface area (TPSA) is 30.5 Å². The highest BCUT2D eigenvalue weighted by atomic mass is 35.5. The summed E-state index contributed by atoms with van der Waals surface area (Å²) in [6, 6.07) is 3.37. The van der Waals surface area contributed by atoms with E-state index in [-0.39, 0.29) is 10.8 Å². The van der Waals surface area contributed by atoms with E-state index >= 15 is 0 Å². The van der Waals surface area contributed by atoms with E-state index < -0.39 is 19.2 Å². The molecule has 0 heterocycles.